The minimum absolute atomic E-state index is 0.0589. The molecule has 7 heteroatoms. The number of nitrogens with zero attached hydrogens (tertiary/aromatic N) is 1. The molecule has 0 heterocycles. The van der Waals surface area contributed by atoms with Gasteiger partial charge in [0.1, 0.15) is 0 Å². The molecule has 0 aromatic heterocycles. The van der Waals surface area contributed by atoms with Crippen LogP contribution in [0.5, 0.6) is 11.5 Å². The number of hydrogen-bond acceptors (Lipinski definition) is 5. The lowest BCUT2D eigenvalue weighted by atomic mass is 10.1. The minimum atomic E-state index is -0.586. The van der Waals surface area contributed by atoms with E-state index in [1.807, 2.05) is 0 Å². The van der Waals surface area contributed by atoms with E-state index in [4.69, 9.17) is 10.9 Å². The molecule has 1 aromatic rings. The summed E-state index contributed by atoms with van der Waals surface area (Å²) in [6.45, 7) is 0. The largest absolute Gasteiger partial charge is 0.504 e. The molecule has 2 rings (SSSR count). The van der Waals surface area contributed by atoms with Crippen molar-refractivity contribution in [1.82, 2.24) is 5.32 Å². The number of nitrogens with two attached hydrogens (primary N) is 1. The maximum absolute atomic E-state index is 12.0. The molecule has 1 unspecified atom stereocenters. The second kappa shape index (κ2) is 5.05. The molecular formula is C12H15N3O4. The Morgan fingerprint density at radius 2 is 2.11 bits per heavy atom. The molecule has 0 bridgehead atoms. The van der Waals surface area contributed by atoms with Gasteiger partial charge < -0.3 is 26.5 Å². The molecule has 1 amide bonds. The van der Waals surface area contributed by atoms with Crippen LogP contribution in [-0.4, -0.2) is 33.2 Å². The molecule has 1 fully saturated rings. The first-order valence-electron chi connectivity index (χ1n) is 5.83. The smallest absolute Gasteiger partial charge is 0.255 e. The van der Waals surface area contributed by atoms with E-state index in [2.05, 4.69) is 10.5 Å². The molecule has 102 valence electrons. The van der Waals surface area contributed by atoms with Gasteiger partial charge in [-0.3, -0.25) is 4.79 Å². The van der Waals surface area contributed by atoms with Gasteiger partial charge >= 0.3 is 0 Å². The Kier molecular flexibility index (Phi) is 3.46. The lowest BCUT2D eigenvalue weighted by molar-refractivity contribution is 0.0939. The number of phenols is 2. The van der Waals surface area contributed by atoms with Crippen molar-refractivity contribution in [3.8, 4) is 11.5 Å². The summed E-state index contributed by atoms with van der Waals surface area (Å²) < 4.78 is 0. The van der Waals surface area contributed by atoms with Gasteiger partial charge in [-0.05, 0) is 30.9 Å². The summed E-state index contributed by atoms with van der Waals surface area (Å²) in [7, 11) is 0. The maximum atomic E-state index is 12.0. The number of amides is 1. The molecule has 0 saturated heterocycles. The first-order valence-corrected chi connectivity index (χ1v) is 5.83. The van der Waals surface area contributed by atoms with E-state index in [0.717, 1.165) is 12.8 Å². The Hall–Kier alpha value is -2.44. The van der Waals surface area contributed by atoms with Crippen molar-refractivity contribution in [2.24, 2.45) is 16.8 Å². The van der Waals surface area contributed by atoms with E-state index in [9.17, 15) is 15.0 Å². The Balaban J connectivity index is 2.17. The molecule has 0 aliphatic heterocycles. The molecule has 0 radical (unpaired) electrons. The van der Waals surface area contributed by atoms with E-state index in [1.54, 1.807) is 0 Å². The normalized spacial score (nSPS) is 16.9. The SMILES string of the molecule is N/C(=N/O)C(NC(=O)c1cccc(O)c1O)C1CC1. The number of carbonyl (C=O) groups excluding carboxylic acids is 1. The third kappa shape index (κ3) is 2.70. The highest BCUT2D eigenvalue weighted by Crippen LogP contribution is 2.33. The van der Waals surface area contributed by atoms with Crippen molar-refractivity contribution in [1.29, 1.82) is 0 Å². The summed E-state index contributed by atoms with van der Waals surface area (Å²) in [5.74, 6) is -1.39. The second-order valence-electron chi connectivity index (χ2n) is 4.49. The summed E-state index contributed by atoms with van der Waals surface area (Å²) in [6, 6.07) is 3.52. The number of nitrogens with one attached hydrogen (secondary N) is 1. The summed E-state index contributed by atoms with van der Waals surface area (Å²) in [5.41, 5.74) is 5.47. The van der Waals surface area contributed by atoms with Crippen LogP contribution in [0.3, 0.4) is 0 Å². The fraction of sp³-hybridized carbons (Fsp3) is 0.333. The fourth-order valence-electron chi connectivity index (χ4n) is 1.86. The number of phenolic OH excluding ortho intramolecular Hbond substituents is 2. The lowest BCUT2D eigenvalue weighted by Gasteiger charge is -2.17. The van der Waals surface area contributed by atoms with Crippen LogP contribution in [0.25, 0.3) is 0 Å². The van der Waals surface area contributed by atoms with Gasteiger partial charge in [0.15, 0.2) is 17.3 Å². The molecule has 0 spiro atoms. The maximum Gasteiger partial charge on any atom is 0.255 e. The van der Waals surface area contributed by atoms with Crippen molar-refractivity contribution < 1.29 is 20.2 Å². The van der Waals surface area contributed by atoms with Crippen LogP contribution in [-0.2, 0) is 0 Å². The van der Waals surface area contributed by atoms with Gasteiger partial charge in [-0.15, -0.1) is 0 Å². The monoisotopic (exact) mass is 265 g/mol. The van der Waals surface area contributed by atoms with E-state index in [-0.39, 0.29) is 23.1 Å². The minimum Gasteiger partial charge on any atom is -0.504 e. The van der Waals surface area contributed by atoms with Crippen LogP contribution in [0.2, 0.25) is 0 Å². The predicted octanol–water partition coefficient (Wildman–Crippen LogP) is 0.353. The summed E-state index contributed by atoms with van der Waals surface area (Å²) in [4.78, 5) is 12.0. The van der Waals surface area contributed by atoms with Crippen molar-refractivity contribution in [3.63, 3.8) is 0 Å². The third-order valence-corrected chi connectivity index (χ3v) is 3.07. The van der Waals surface area contributed by atoms with Gasteiger partial charge in [0, 0.05) is 0 Å². The van der Waals surface area contributed by atoms with Crippen LogP contribution >= 0.6 is 0 Å². The molecule has 6 N–H and O–H groups in total. The van der Waals surface area contributed by atoms with Crippen LogP contribution < -0.4 is 11.1 Å². The van der Waals surface area contributed by atoms with Crippen molar-refractivity contribution in [2.75, 3.05) is 0 Å². The molecule has 19 heavy (non-hydrogen) atoms. The number of oxime groups is 1. The zero-order valence-corrected chi connectivity index (χ0v) is 10.1. The Morgan fingerprint density at radius 3 is 2.68 bits per heavy atom. The number of hydrogen-bond donors (Lipinski definition) is 5. The van der Waals surface area contributed by atoms with E-state index >= 15 is 0 Å². The van der Waals surface area contributed by atoms with Gasteiger partial charge in [0.25, 0.3) is 5.91 Å². The first kappa shape index (κ1) is 13.0. The van der Waals surface area contributed by atoms with Crippen LogP contribution in [0.4, 0.5) is 0 Å². The molecule has 1 aromatic carbocycles. The van der Waals surface area contributed by atoms with E-state index < -0.39 is 17.7 Å². The molecule has 1 aliphatic rings. The Labute approximate surface area is 109 Å². The standard InChI is InChI=1S/C12H15N3O4/c13-11(15-19)9(6-4-5-6)14-12(18)7-2-1-3-8(16)10(7)17/h1-3,6,9,16-17,19H,4-5H2,(H2,13,15)(H,14,18). The predicted molar refractivity (Wildman–Crippen MR) is 67.2 cm³/mol. The first-order chi connectivity index (χ1) is 9.04. The summed E-state index contributed by atoms with van der Waals surface area (Å²) >= 11 is 0. The number of rotatable bonds is 4. The molecular weight excluding hydrogens is 250 g/mol. The van der Waals surface area contributed by atoms with Crippen molar-refractivity contribution in [2.45, 2.75) is 18.9 Å². The lowest BCUT2D eigenvalue weighted by Crippen LogP contribution is -2.46. The number of carbonyl (C=O) groups is 1. The fourth-order valence-corrected chi connectivity index (χ4v) is 1.86. The van der Waals surface area contributed by atoms with Crippen molar-refractivity contribution >= 4 is 11.7 Å². The van der Waals surface area contributed by atoms with Gasteiger partial charge in [-0.25, -0.2) is 0 Å². The molecule has 1 saturated carbocycles. The highest BCUT2D eigenvalue weighted by molar-refractivity contribution is 6.00. The summed E-state index contributed by atoms with van der Waals surface area (Å²) in [6.07, 6.45) is 1.76. The third-order valence-electron chi connectivity index (χ3n) is 3.07. The highest BCUT2D eigenvalue weighted by atomic mass is 16.4. The average molecular weight is 265 g/mol. The molecule has 7 nitrogen and oxygen atoms in total. The Morgan fingerprint density at radius 1 is 1.42 bits per heavy atom. The average Bonchev–Trinajstić information content (AvgIpc) is 3.22. The van der Waals surface area contributed by atoms with Gasteiger partial charge in [-0.1, -0.05) is 11.2 Å². The number of amidine groups is 1. The molecule has 1 atom stereocenters. The number of aromatic hydroxyl groups is 2. The van der Waals surface area contributed by atoms with Crippen LogP contribution in [0.1, 0.15) is 23.2 Å². The second-order valence-corrected chi connectivity index (χ2v) is 4.49. The number of benzene rings is 1. The number of para-hydroxylation sites is 1. The van der Waals surface area contributed by atoms with Crippen LogP contribution in [0.15, 0.2) is 23.4 Å². The zero-order valence-electron chi connectivity index (χ0n) is 10.1. The van der Waals surface area contributed by atoms with Gasteiger partial charge in [-0.2, -0.15) is 0 Å². The van der Waals surface area contributed by atoms with Crippen LogP contribution in [0, 0.1) is 5.92 Å². The topological polar surface area (TPSA) is 128 Å². The van der Waals surface area contributed by atoms with Gasteiger partial charge in [0.05, 0.1) is 11.6 Å². The molecule has 1 aliphatic carbocycles. The van der Waals surface area contributed by atoms with E-state index in [0.29, 0.717) is 0 Å². The zero-order chi connectivity index (χ0) is 14.0. The Bertz CT molecular complexity index is 526. The van der Waals surface area contributed by atoms with Gasteiger partial charge in [0.2, 0.25) is 0 Å². The summed E-state index contributed by atoms with van der Waals surface area (Å²) in [5, 5.41) is 33.1. The quantitative estimate of drug-likeness (QED) is 0.176. The van der Waals surface area contributed by atoms with E-state index in [1.165, 1.54) is 18.2 Å². The highest BCUT2D eigenvalue weighted by Gasteiger charge is 2.35. The van der Waals surface area contributed by atoms with Crippen molar-refractivity contribution in [3.05, 3.63) is 23.8 Å².